The van der Waals surface area contributed by atoms with Crippen LogP contribution in [0.5, 0.6) is 0 Å². The van der Waals surface area contributed by atoms with Gasteiger partial charge in [0.05, 0.1) is 13.0 Å². The zero-order valence-electron chi connectivity index (χ0n) is 13.8. The number of methoxy groups -OCH3 is 1. The van der Waals surface area contributed by atoms with Gasteiger partial charge in [-0.2, -0.15) is 0 Å². The van der Waals surface area contributed by atoms with Crippen LogP contribution in [0.1, 0.15) is 24.8 Å². The highest BCUT2D eigenvalue weighted by molar-refractivity contribution is 5.87. The predicted molar refractivity (Wildman–Crippen MR) is 93.6 cm³/mol. The fraction of sp³-hybridized carbons (Fsp3) is 0.556. The standard InChI is InChI=1S/C18H24N2O3.ClH/c1-23-18(22)14(9-11-5-3-2-4-6-11)20-17(21)15-12-7-8-13(10-12)16(15)19;/h2-6,12-16H,7-10,19H2,1H3,(H,20,21);1H. The van der Waals surface area contributed by atoms with Crippen LogP contribution in [0.2, 0.25) is 0 Å². The van der Waals surface area contributed by atoms with E-state index in [1.165, 1.54) is 7.11 Å². The van der Waals surface area contributed by atoms with Crippen molar-refractivity contribution in [3.05, 3.63) is 35.9 Å². The number of esters is 1. The minimum atomic E-state index is -0.666. The van der Waals surface area contributed by atoms with Crippen LogP contribution in [0, 0.1) is 17.8 Å². The number of fused-ring (bicyclic) bond motifs is 2. The van der Waals surface area contributed by atoms with Crippen LogP contribution in [0.25, 0.3) is 0 Å². The summed E-state index contributed by atoms with van der Waals surface area (Å²) in [4.78, 5) is 24.7. The first-order valence-corrected chi connectivity index (χ1v) is 8.28. The summed E-state index contributed by atoms with van der Waals surface area (Å²) in [6.07, 6.45) is 3.66. The average molecular weight is 353 g/mol. The molecule has 0 heterocycles. The number of carbonyl (C=O) groups is 2. The van der Waals surface area contributed by atoms with Crippen molar-refractivity contribution in [3.8, 4) is 0 Å². The van der Waals surface area contributed by atoms with E-state index < -0.39 is 12.0 Å². The van der Waals surface area contributed by atoms with E-state index >= 15 is 0 Å². The van der Waals surface area contributed by atoms with Gasteiger partial charge in [-0.1, -0.05) is 30.3 Å². The Kier molecular flexibility index (Phi) is 6.24. The van der Waals surface area contributed by atoms with Gasteiger partial charge in [-0.15, -0.1) is 12.4 Å². The Hall–Kier alpha value is -1.59. The van der Waals surface area contributed by atoms with Crippen LogP contribution >= 0.6 is 12.4 Å². The number of hydrogen-bond acceptors (Lipinski definition) is 4. The zero-order valence-corrected chi connectivity index (χ0v) is 14.6. The molecule has 24 heavy (non-hydrogen) atoms. The number of halogens is 1. The SMILES string of the molecule is COC(=O)C(Cc1ccccc1)NC(=O)C1C2CCC(C2)C1N.Cl. The molecule has 0 saturated heterocycles. The van der Waals surface area contributed by atoms with Crippen molar-refractivity contribution in [2.24, 2.45) is 23.5 Å². The molecule has 0 aliphatic heterocycles. The number of carbonyl (C=O) groups excluding carboxylic acids is 2. The summed E-state index contributed by atoms with van der Waals surface area (Å²) < 4.78 is 4.85. The van der Waals surface area contributed by atoms with Crippen molar-refractivity contribution in [2.45, 2.75) is 37.8 Å². The lowest BCUT2D eigenvalue weighted by Crippen LogP contribution is -2.51. The number of benzene rings is 1. The van der Waals surface area contributed by atoms with Gasteiger partial charge in [0.25, 0.3) is 0 Å². The third-order valence-corrected chi connectivity index (χ3v) is 5.37. The average Bonchev–Trinajstić information content (AvgIpc) is 3.15. The highest BCUT2D eigenvalue weighted by Crippen LogP contribution is 2.47. The molecule has 5 nitrogen and oxygen atoms in total. The van der Waals surface area contributed by atoms with Crippen molar-refractivity contribution >= 4 is 24.3 Å². The fourth-order valence-corrected chi connectivity index (χ4v) is 4.18. The van der Waals surface area contributed by atoms with Gasteiger partial charge in [0.15, 0.2) is 0 Å². The first-order valence-electron chi connectivity index (χ1n) is 8.28. The van der Waals surface area contributed by atoms with Gasteiger partial charge in [0.1, 0.15) is 6.04 Å². The molecule has 0 aromatic heterocycles. The Morgan fingerprint density at radius 1 is 1.25 bits per heavy atom. The Balaban J connectivity index is 0.00000208. The van der Waals surface area contributed by atoms with Crippen molar-refractivity contribution in [1.82, 2.24) is 5.32 Å². The number of nitrogens with one attached hydrogen (secondary N) is 1. The molecular weight excluding hydrogens is 328 g/mol. The molecule has 1 aromatic rings. The molecule has 6 heteroatoms. The molecule has 5 unspecified atom stereocenters. The molecule has 132 valence electrons. The first-order chi connectivity index (χ1) is 11.1. The number of hydrogen-bond donors (Lipinski definition) is 2. The van der Waals surface area contributed by atoms with Gasteiger partial charge in [-0.05, 0) is 36.7 Å². The minimum absolute atomic E-state index is 0. The molecule has 2 saturated carbocycles. The van der Waals surface area contributed by atoms with E-state index in [0.29, 0.717) is 18.3 Å². The van der Waals surface area contributed by atoms with Gasteiger partial charge < -0.3 is 15.8 Å². The van der Waals surface area contributed by atoms with Crippen LogP contribution in [-0.4, -0.2) is 31.1 Å². The third kappa shape index (κ3) is 3.73. The molecule has 2 aliphatic carbocycles. The van der Waals surface area contributed by atoms with E-state index in [-0.39, 0.29) is 30.3 Å². The molecule has 0 radical (unpaired) electrons. The van der Waals surface area contributed by atoms with E-state index in [9.17, 15) is 9.59 Å². The van der Waals surface area contributed by atoms with Crippen LogP contribution in [0.3, 0.4) is 0 Å². The molecule has 1 aromatic carbocycles. The number of rotatable bonds is 5. The number of nitrogens with two attached hydrogens (primary N) is 1. The van der Waals surface area contributed by atoms with Gasteiger partial charge >= 0.3 is 5.97 Å². The molecule has 2 aliphatic rings. The fourth-order valence-electron chi connectivity index (χ4n) is 4.18. The maximum absolute atomic E-state index is 12.7. The summed E-state index contributed by atoms with van der Waals surface area (Å²) in [5, 5.41) is 2.88. The maximum atomic E-state index is 12.7. The molecule has 1 amide bonds. The second-order valence-corrected chi connectivity index (χ2v) is 6.71. The second kappa shape index (κ2) is 7.99. The normalized spacial score (nSPS) is 28.8. The summed E-state index contributed by atoms with van der Waals surface area (Å²) in [6, 6.07) is 8.87. The third-order valence-electron chi connectivity index (χ3n) is 5.37. The summed E-state index contributed by atoms with van der Waals surface area (Å²) in [7, 11) is 1.34. The molecule has 2 bridgehead atoms. The zero-order chi connectivity index (χ0) is 16.4. The van der Waals surface area contributed by atoms with Crippen molar-refractivity contribution in [3.63, 3.8) is 0 Å². The molecule has 3 N–H and O–H groups in total. The highest BCUT2D eigenvalue weighted by Gasteiger charge is 2.49. The monoisotopic (exact) mass is 352 g/mol. The quantitative estimate of drug-likeness (QED) is 0.790. The van der Waals surface area contributed by atoms with Gasteiger partial charge in [0.2, 0.25) is 5.91 Å². The number of amides is 1. The molecule has 5 atom stereocenters. The summed E-state index contributed by atoms with van der Waals surface area (Å²) in [6.45, 7) is 0. The Morgan fingerprint density at radius 3 is 2.50 bits per heavy atom. The van der Waals surface area contributed by atoms with E-state index in [1.54, 1.807) is 0 Å². The first kappa shape index (κ1) is 18.7. The Bertz CT molecular complexity index is 579. The lowest BCUT2D eigenvalue weighted by Gasteiger charge is -2.28. The van der Waals surface area contributed by atoms with Crippen LogP contribution < -0.4 is 11.1 Å². The van der Waals surface area contributed by atoms with Gasteiger partial charge in [0, 0.05) is 12.5 Å². The smallest absolute Gasteiger partial charge is 0.328 e. The van der Waals surface area contributed by atoms with Gasteiger partial charge in [-0.25, -0.2) is 4.79 Å². The van der Waals surface area contributed by atoms with Crippen molar-refractivity contribution in [1.29, 1.82) is 0 Å². The van der Waals surface area contributed by atoms with Crippen LogP contribution in [0.4, 0.5) is 0 Å². The second-order valence-electron chi connectivity index (χ2n) is 6.71. The maximum Gasteiger partial charge on any atom is 0.328 e. The number of ether oxygens (including phenoxy) is 1. The Labute approximate surface area is 148 Å². The van der Waals surface area contributed by atoms with E-state index in [4.69, 9.17) is 10.5 Å². The van der Waals surface area contributed by atoms with Crippen molar-refractivity contribution in [2.75, 3.05) is 7.11 Å². The molecule has 3 rings (SSSR count). The lowest BCUT2D eigenvalue weighted by molar-refractivity contribution is -0.145. The van der Waals surface area contributed by atoms with Crippen LogP contribution in [0.15, 0.2) is 30.3 Å². The summed E-state index contributed by atoms with van der Waals surface area (Å²) in [5.41, 5.74) is 7.21. The summed E-state index contributed by atoms with van der Waals surface area (Å²) >= 11 is 0. The Morgan fingerprint density at radius 2 is 1.92 bits per heavy atom. The lowest BCUT2D eigenvalue weighted by atomic mass is 9.84. The van der Waals surface area contributed by atoms with E-state index in [1.807, 2.05) is 30.3 Å². The van der Waals surface area contributed by atoms with Crippen LogP contribution in [-0.2, 0) is 20.7 Å². The van der Waals surface area contributed by atoms with Gasteiger partial charge in [-0.3, -0.25) is 4.79 Å². The molecule has 2 fully saturated rings. The van der Waals surface area contributed by atoms with E-state index in [0.717, 1.165) is 24.8 Å². The van der Waals surface area contributed by atoms with Crippen molar-refractivity contribution < 1.29 is 14.3 Å². The summed E-state index contributed by atoms with van der Waals surface area (Å²) in [5.74, 6) is 0.137. The highest BCUT2D eigenvalue weighted by atomic mass is 35.5. The topological polar surface area (TPSA) is 81.4 Å². The predicted octanol–water partition coefficient (Wildman–Crippen LogP) is 1.68. The van der Waals surface area contributed by atoms with E-state index in [2.05, 4.69) is 5.32 Å². The molecule has 0 spiro atoms. The molecular formula is C18H25ClN2O3. The largest absolute Gasteiger partial charge is 0.467 e. The minimum Gasteiger partial charge on any atom is -0.467 e.